The van der Waals surface area contributed by atoms with Crippen LogP contribution in [0.2, 0.25) is 0 Å². The topological polar surface area (TPSA) is 55.6 Å². The van der Waals surface area contributed by atoms with Crippen LogP contribution in [0.25, 0.3) is 0 Å². The van der Waals surface area contributed by atoms with E-state index in [0.717, 1.165) is 30.0 Å². The largest absolute Gasteiger partial charge is 0.494 e. The lowest BCUT2D eigenvalue weighted by Gasteiger charge is -2.09. The molecule has 0 atom stereocenters. The van der Waals surface area contributed by atoms with Crippen molar-refractivity contribution >= 4 is 5.91 Å². The number of carbonyl (C=O) groups excluding carboxylic acids is 1. The molecule has 18 heavy (non-hydrogen) atoms. The van der Waals surface area contributed by atoms with E-state index in [1.165, 1.54) is 5.56 Å². The van der Waals surface area contributed by atoms with Gasteiger partial charge in [0.1, 0.15) is 5.75 Å². The van der Waals surface area contributed by atoms with E-state index in [2.05, 4.69) is 12.1 Å². The SMILES string of the molecule is CCOc1ccc(CCCCC(=O)N(C)N)cc1. The molecule has 1 aromatic rings. The first kappa shape index (κ1) is 14.5. The van der Waals surface area contributed by atoms with Crippen molar-refractivity contribution in [2.45, 2.75) is 32.6 Å². The van der Waals surface area contributed by atoms with Crippen LogP contribution in [-0.4, -0.2) is 24.6 Å². The quantitative estimate of drug-likeness (QED) is 0.349. The van der Waals surface area contributed by atoms with E-state index in [-0.39, 0.29) is 5.91 Å². The Labute approximate surface area is 109 Å². The summed E-state index contributed by atoms with van der Waals surface area (Å²) in [5.74, 6) is 6.24. The second-order valence-electron chi connectivity index (χ2n) is 4.29. The number of nitrogens with zero attached hydrogens (tertiary/aromatic N) is 1. The molecule has 1 amide bonds. The van der Waals surface area contributed by atoms with Crippen LogP contribution in [0.1, 0.15) is 31.7 Å². The normalized spacial score (nSPS) is 10.2. The molecule has 100 valence electrons. The number of amides is 1. The standard InChI is InChI=1S/C14H22N2O2/c1-3-18-13-10-8-12(9-11-13)6-4-5-7-14(17)16(2)15/h8-11H,3-7,15H2,1-2H3. The van der Waals surface area contributed by atoms with E-state index >= 15 is 0 Å². The fourth-order valence-corrected chi connectivity index (χ4v) is 1.70. The molecule has 0 heterocycles. The van der Waals surface area contributed by atoms with Crippen LogP contribution in [0.5, 0.6) is 5.75 Å². The maximum atomic E-state index is 11.3. The maximum Gasteiger partial charge on any atom is 0.236 e. The molecule has 4 heteroatoms. The third-order valence-corrected chi connectivity index (χ3v) is 2.73. The Morgan fingerprint density at radius 2 is 1.94 bits per heavy atom. The number of hydrogen-bond donors (Lipinski definition) is 1. The third kappa shape index (κ3) is 5.19. The molecule has 0 saturated carbocycles. The average molecular weight is 250 g/mol. The molecule has 0 aromatic heterocycles. The van der Waals surface area contributed by atoms with Gasteiger partial charge in [-0.3, -0.25) is 9.80 Å². The minimum atomic E-state index is -0.0123. The van der Waals surface area contributed by atoms with E-state index in [4.69, 9.17) is 10.6 Å². The Hall–Kier alpha value is -1.55. The van der Waals surface area contributed by atoms with Gasteiger partial charge in [-0.1, -0.05) is 12.1 Å². The first-order valence-electron chi connectivity index (χ1n) is 6.36. The maximum absolute atomic E-state index is 11.3. The summed E-state index contributed by atoms with van der Waals surface area (Å²) in [5.41, 5.74) is 1.27. The van der Waals surface area contributed by atoms with Crippen molar-refractivity contribution in [3.05, 3.63) is 29.8 Å². The van der Waals surface area contributed by atoms with Crippen molar-refractivity contribution < 1.29 is 9.53 Å². The second kappa shape index (κ2) is 7.71. The molecule has 0 bridgehead atoms. The van der Waals surface area contributed by atoms with E-state index in [1.54, 1.807) is 7.05 Å². The number of hydrogen-bond acceptors (Lipinski definition) is 3. The van der Waals surface area contributed by atoms with Gasteiger partial charge in [-0.05, 0) is 43.9 Å². The number of benzene rings is 1. The number of unbranched alkanes of at least 4 members (excludes halogenated alkanes) is 1. The monoisotopic (exact) mass is 250 g/mol. The minimum Gasteiger partial charge on any atom is -0.494 e. The summed E-state index contributed by atoms with van der Waals surface area (Å²) in [4.78, 5) is 11.3. The highest BCUT2D eigenvalue weighted by molar-refractivity contribution is 5.75. The van der Waals surface area contributed by atoms with Gasteiger partial charge in [-0.15, -0.1) is 0 Å². The number of ether oxygens (including phenoxy) is 1. The molecule has 0 unspecified atom stereocenters. The summed E-state index contributed by atoms with van der Waals surface area (Å²) in [7, 11) is 1.58. The van der Waals surface area contributed by atoms with Crippen LogP contribution in [0.4, 0.5) is 0 Å². The summed E-state index contributed by atoms with van der Waals surface area (Å²) in [6.07, 6.45) is 3.36. The highest BCUT2D eigenvalue weighted by Gasteiger charge is 2.03. The van der Waals surface area contributed by atoms with Crippen LogP contribution in [0.3, 0.4) is 0 Å². The van der Waals surface area contributed by atoms with Crippen molar-refractivity contribution in [2.75, 3.05) is 13.7 Å². The molecular weight excluding hydrogens is 228 g/mol. The van der Waals surface area contributed by atoms with Gasteiger partial charge in [0.15, 0.2) is 0 Å². The number of hydrazine groups is 1. The molecule has 1 rings (SSSR count). The van der Waals surface area contributed by atoms with Gasteiger partial charge in [-0.2, -0.15) is 0 Å². The molecule has 0 aliphatic rings. The number of rotatable bonds is 7. The highest BCUT2D eigenvalue weighted by atomic mass is 16.5. The van der Waals surface area contributed by atoms with E-state index in [9.17, 15) is 4.79 Å². The Morgan fingerprint density at radius 3 is 2.50 bits per heavy atom. The fraction of sp³-hybridized carbons (Fsp3) is 0.500. The smallest absolute Gasteiger partial charge is 0.236 e. The van der Waals surface area contributed by atoms with Gasteiger partial charge in [0.2, 0.25) is 5.91 Å². The Kier molecular flexibility index (Phi) is 6.22. The van der Waals surface area contributed by atoms with E-state index in [1.807, 2.05) is 19.1 Å². The first-order valence-corrected chi connectivity index (χ1v) is 6.36. The zero-order valence-electron chi connectivity index (χ0n) is 11.2. The lowest BCUT2D eigenvalue weighted by Crippen LogP contribution is -2.32. The molecule has 0 aliphatic carbocycles. The lowest BCUT2D eigenvalue weighted by molar-refractivity contribution is -0.130. The molecular formula is C14H22N2O2. The van der Waals surface area contributed by atoms with Crippen LogP contribution >= 0.6 is 0 Å². The molecule has 0 aliphatic heterocycles. The van der Waals surface area contributed by atoms with Gasteiger partial charge >= 0.3 is 0 Å². The van der Waals surface area contributed by atoms with E-state index < -0.39 is 0 Å². The van der Waals surface area contributed by atoms with Gasteiger partial charge in [-0.25, -0.2) is 5.84 Å². The number of nitrogens with two attached hydrogens (primary N) is 1. The summed E-state index contributed by atoms with van der Waals surface area (Å²) >= 11 is 0. The highest BCUT2D eigenvalue weighted by Crippen LogP contribution is 2.14. The van der Waals surface area contributed by atoms with Crippen molar-refractivity contribution in [2.24, 2.45) is 5.84 Å². The molecule has 4 nitrogen and oxygen atoms in total. The lowest BCUT2D eigenvalue weighted by atomic mass is 10.1. The van der Waals surface area contributed by atoms with Crippen molar-refractivity contribution in [1.82, 2.24) is 5.01 Å². The predicted octanol–water partition coefficient (Wildman–Crippen LogP) is 2.13. The molecule has 0 saturated heterocycles. The molecule has 1 aromatic carbocycles. The zero-order chi connectivity index (χ0) is 13.4. The molecule has 0 radical (unpaired) electrons. The van der Waals surface area contributed by atoms with Crippen molar-refractivity contribution in [3.63, 3.8) is 0 Å². The molecule has 0 fully saturated rings. The van der Waals surface area contributed by atoms with Gasteiger partial charge in [0.05, 0.1) is 6.61 Å². The Morgan fingerprint density at radius 1 is 1.28 bits per heavy atom. The second-order valence-corrected chi connectivity index (χ2v) is 4.29. The van der Waals surface area contributed by atoms with Gasteiger partial charge < -0.3 is 4.74 Å². The van der Waals surface area contributed by atoms with Crippen LogP contribution in [-0.2, 0) is 11.2 Å². The Balaban J connectivity index is 2.25. The summed E-state index contributed by atoms with van der Waals surface area (Å²) in [6.45, 7) is 2.66. The van der Waals surface area contributed by atoms with Crippen molar-refractivity contribution in [3.8, 4) is 5.75 Å². The summed E-state index contributed by atoms with van der Waals surface area (Å²) in [5, 5.41) is 1.15. The first-order chi connectivity index (χ1) is 8.63. The average Bonchev–Trinajstić information content (AvgIpc) is 2.36. The predicted molar refractivity (Wildman–Crippen MR) is 72.1 cm³/mol. The van der Waals surface area contributed by atoms with Crippen LogP contribution in [0.15, 0.2) is 24.3 Å². The van der Waals surface area contributed by atoms with Crippen LogP contribution < -0.4 is 10.6 Å². The zero-order valence-corrected chi connectivity index (χ0v) is 11.2. The van der Waals surface area contributed by atoms with Crippen molar-refractivity contribution in [1.29, 1.82) is 0 Å². The molecule has 2 N–H and O–H groups in total. The van der Waals surface area contributed by atoms with Gasteiger partial charge in [0.25, 0.3) is 0 Å². The fourth-order valence-electron chi connectivity index (χ4n) is 1.70. The third-order valence-electron chi connectivity index (χ3n) is 2.73. The van der Waals surface area contributed by atoms with Crippen LogP contribution in [0, 0.1) is 0 Å². The number of carbonyl (C=O) groups is 1. The molecule has 0 spiro atoms. The summed E-state index contributed by atoms with van der Waals surface area (Å²) in [6, 6.07) is 8.11. The van der Waals surface area contributed by atoms with E-state index in [0.29, 0.717) is 13.0 Å². The summed E-state index contributed by atoms with van der Waals surface area (Å²) < 4.78 is 5.38. The minimum absolute atomic E-state index is 0.0123. The Bertz CT molecular complexity index is 361. The van der Waals surface area contributed by atoms with Gasteiger partial charge in [0, 0.05) is 13.5 Å². The number of aryl methyl sites for hydroxylation is 1.